The zero-order valence-electron chi connectivity index (χ0n) is 10.1. The smallest absolute Gasteiger partial charge is 0.226 e. The molecule has 0 radical (unpaired) electrons. The van der Waals surface area contributed by atoms with E-state index in [2.05, 4.69) is 15.2 Å². The van der Waals surface area contributed by atoms with Gasteiger partial charge >= 0.3 is 0 Å². The van der Waals surface area contributed by atoms with Crippen molar-refractivity contribution in [3.05, 3.63) is 66.2 Å². The SMILES string of the molecule is C(=Nc1nnc(-c2ccccc2)s1)c1ccccc1. The van der Waals surface area contributed by atoms with E-state index in [0.717, 1.165) is 16.1 Å². The molecule has 3 rings (SSSR count). The van der Waals surface area contributed by atoms with E-state index in [9.17, 15) is 0 Å². The van der Waals surface area contributed by atoms with Crippen LogP contribution in [0.15, 0.2) is 65.7 Å². The van der Waals surface area contributed by atoms with Crippen molar-refractivity contribution in [1.29, 1.82) is 0 Å². The molecule has 0 N–H and O–H groups in total. The topological polar surface area (TPSA) is 38.1 Å². The molecule has 1 heterocycles. The number of nitrogens with zero attached hydrogens (tertiary/aromatic N) is 3. The summed E-state index contributed by atoms with van der Waals surface area (Å²) in [6.45, 7) is 0. The van der Waals surface area contributed by atoms with Crippen molar-refractivity contribution in [2.45, 2.75) is 0 Å². The Kier molecular flexibility index (Phi) is 3.42. The van der Waals surface area contributed by atoms with Crippen LogP contribution in [0.5, 0.6) is 0 Å². The van der Waals surface area contributed by atoms with Crippen LogP contribution in [0.1, 0.15) is 5.56 Å². The highest BCUT2D eigenvalue weighted by atomic mass is 32.1. The molecule has 0 aliphatic rings. The highest BCUT2D eigenvalue weighted by molar-refractivity contribution is 7.18. The zero-order chi connectivity index (χ0) is 12.9. The van der Waals surface area contributed by atoms with Gasteiger partial charge < -0.3 is 0 Å². The minimum Gasteiger partial charge on any atom is -0.226 e. The standard InChI is InChI=1S/C15H11N3S/c1-3-7-12(8-4-1)11-16-15-18-17-14(19-15)13-9-5-2-6-10-13/h1-11H. The van der Waals surface area contributed by atoms with E-state index in [-0.39, 0.29) is 0 Å². The monoisotopic (exact) mass is 265 g/mol. The molecule has 0 atom stereocenters. The van der Waals surface area contributed by atoms with Gasteiger partial charge in [-0.25, -0.2) is 4.99 Å². The Hall–Kier alpha value is -2.33. The lowest BCUT2D eigenvalue weighted by atomic mass is 10.2. The van der Waals surface area contributed by atoms with Crippen molar-refractivity contribution in [3.63, 3.8) is 0 Å². The van der Waals surface area contributed by atoms with Gasteiger partial charge in [-0.2, -0.15) is 0 Å². The van der Waals surface area contributed by atoms with Crippen LogP contribution in [0, 0.1) is 0 Å². The quantitative estimate of drug-likeness (QED) is 0.672. The predicted octanol–water partition coefficient (Wildman–Crippen LogP) is 3.96. The third kappa shape index (κ3) is 2.92. The van der Waals surface area contributed by atoms with Crippen molar-refractivity contribution in [3.8, 4) is 10.6 Å². The van der Waals surface area contributed by atoms with Gasteiger partial charge in [-0.3, -0.25) is 0 Å². The number of aliphatic imine (C=N–C) groups is 1. The van der Waals surface area contributed by atoms with Gasteiger partial charge in [0.05, 0.1) is 0 Å². The summed E-state index contributed by atoms with van der Waals surface area (Å²) in [5.74, 6) is 0. The van der Waals surface area contributed by atoms with Gasteiger partial charge in [0, 0.05) is 11.8 Å². The summed E-state index contributed by atoms with van der Waals surface area (Å²) in [4.78, 5) is 4.34. The molecule has 2 aromatic carbocycles. The van der Waals surface area contributed by atoms with E-state index >= 15 is 0 Å². The molecule has 0 fully saturated rings. The van der Waals surface area contributed by atoms with Gasteiger partial charge in [0.15, 0.2) is 0 Å². The predicted molar refractivity (Wildman–Crippen MR) is 79.0 cm³/mol. The van der Waals surface area contributed by atoms with Gasteiger partial charge in [-0.1, -0.05) is 72.0 Å². The average Bonchev–Trinajstić information content (AvgIpc) is 2.96. The Morgan fingerprint density at radius 2 is 1.53 bits per heavy atom. The van der Waals surface area contributed by atoms with Gasteiger partial charge in [-0.05, 0) is 5.56 Å². The fraction of sp³-hybridized carbons (Fsp3) is 0. The van der Waals surface area contributed by atoms with Crippen LogP contribution in [0.3, 0.4) is 0 Å². The van der Waals surface area contributed by atoms with Crippen LogP contribution in [0.4, 0.5) is 5.13 Å². The summed E-state index contributed by atoms with van der Waals surface area (Å²) in [7, 11) is 0. The van der Waals surface area contributed by atoms with Crippen molar-refractivity contribution in [1.82, 2.24) is 10.2 Å². The van der Waals surface area contributed by atoms with Crippen LogP contribution < -0.4 is 0 Å². The second kappa shape index (κ2) is 5.54. The molecule has 0 amide bonds. The molecular formula is C15H11N3S. The normalized spacial score (nSPS) is 10.9. The van der Waals surface area contributed by atoms with Crippen molar-refractivity contribution >= 4 is 22.7 Å². The van der Waals surface area contributed by atoms with E-state index in [0.29, 0.717) is 5.13 Å². The first kappa shape index (κ1) is 11.7. The average molecular weight is 265 g/mol. The summed E-state index contributed by atoms with van der Waals surface area (Å²) >= 11 is 1.49. The Balaban J connectivity index is 1.81. The lowest BCUT2D eigenvalue weighted by molar-refractivity contribution is 1.09. The highest BCUT2D eigenvalue weighted by Gasteiger charge is 2.04. The van der Waals surface area contributed by atoms with E-state index in [1.165, 1.54) is 11.3 Å². The molecule has 0 aliphatic heterocycles. The lowest BCUT2D eigenvalue weighted by Crippen LogP contribution is -1.77. The van der Waals surface area contributed by atoms with Gasteiger partial charge in [0.1, 0.15) is 5.01 Å². The molecule has 3 aromatic rings. The molecule has 0 unspecified atom stereocenters. The fourth-order valence-electron chi connectivity index (χ4n) is 1.63. The Bertz CT molecular complexity index is 675. The lowest BCUT2D eigenvalue weighted by Gasteiger charge is -1.91. The third-order valence-corrected chi connectivity index (χ3v) is 3.44. The van der Waals surface area contributed by atoms with Crippen LogP contribution in [-0.4, -0.2) is 16.4 Å². The second-order valence-electron chi connectivity index (χ2n) is 3.92. The fourth-order valence-corrected chi connectivity index (χ4v) is 2.33. The maximum absolute atomic E-state index is 4.34. The maximum Gasteiger partial charge on any atom is 0.231 e. The van der Waals surface area contributed by atoms with Crippen LogP contribution >= 0.6 is 11.3 Å². The first-order valence-electron chi connectivity index (χ1n) is 5.90. The number of hydrogen-bond donors (Lipinski definition) is 0. The van der Waals surface area contributed by atoms with E-state index in [1.807, 2.05) is 60.7 Å². The molecule has 0 spiro atoms. The molecule has 4 heteroatoms. The van der Waals surface area contributed by atoms with Gasteiger partial charge in [0.25, 0.3) is 0 Å². The molecular weight excluding hydrogens is 254 g/mol. The summed E-state index contributed by atoms with van der Waals surface area (Å²) in [6.07, 6.45) is 1.80. The molecule has 0 bridgehead atoms. The number of benzene rings is 2. The minimum absolute atomic E-state index is 0.669. The third-order valence-electron chi connectivity index (χ3n) is 2.56. The van der Waals surface area contributed by atoms with Crippen molar-refractivity contribution < 1.29 is 0 Å². The summed E-state index contributed by atoms with van der Waals surface area (Å²) in [5, 5.41) is 9.79. The second-order valence-corrected chi connectivity index (χ2v) is 4.88. The first-order chi connectivity index (χ1) is 9.42. The largest absolute Gasteiger partial charge is 0.231 e. The maximum atomic E-state index is 4.34. The van der Waals surface area contributed by atoms with Crippen LogP contribution in [0.2, 0.25) is 0 Å². The Morgan fingerprint density at radius 3 is 2.26 bits per heavy atom. The summed E-state index contributed by atoms with van der Waals surface area (Å²) in [5.41, 5.74) is 2.13. The summed E-state index contributed by atoms with van der Waals surface area (Å²) in [6, 6.07) is 20.0. The van der Waals surface area contributed by atoms with Crippen LogP contribution in [-0.2, 0) is 0 Å². The van der Waals surface area contributed by atoms with Gasteiger partial charge in [-0.15, -0.1) is 10.2 Å². The minimum atomic E-state index is 0.669. The van der Waals surface area contributed by atoms with E-state index in [4.69, 9.17) is 0 Å². The van der Waals surface area contributed by atoms with Crippen molar-refractivity contribution in [2.24, 2.45) is 4.99 Å². The van der Waals surface area contributed by atoms with E-state index < -0.39 is 0 Å². The molecule has 0 saturated carbocycles. The molecule has 92 valence electrons. The molecule has 1 aromatic heterocycles. The molecule has 0 saturated heterocycles. The Morgan fingerprint density at radius 1 is 0.842 bits per heavy atom. The Labute approximate surface area is 115 Å². The van der Waals surface area contributed by atoms with E-state index in [1.54, 1.807) is 6.21 Å². The van der Waals surface area contributed by atoms with Crippen LogP contribution in [0.25, 0.3) is 10.6 Å². The molecule has 3 nitrogen and oxygen atoms in total. The van der Waals surface area contributed by atoms with Crippen molar-refractivity contribution in [2.75, 3.05) is 0 Å². The number of hydrogen-bond acceptors (Lipinski definition) is 4. The zero-order valence-corrected chi connectivity index (χ0v) is 10.9. The molecule has 19 heavy (non-hydrogen) atoms. The highest BCUT2D eigenvalue weighted by Crippen LogP contribution is 2.27. The number of aromatic nitrogens is 2. The first-order valence-corrected chi connectivity index (χ1v) is 6.71. The molecule has 0 aliphatic carbocycles. The van der Waals surface area contributed by atoms with Gasteiger partial charge in [0.2, 0.25) is 5.13 Å². The summed E-state index contributed by atoms with van der Waals surface area (Å²) < 4.78 is 0. The number of rotatable bonds is 3.